The maximum atomic E-state index is 11.5. The van der Waals surface area contributed by atoms with Gasteiger partial charge >= 0.3 is 0 Å². The van der Waals surface area contributed by atoms with E-state index in [0.717, 1.165) is 5.75 Å². The molecule has 1 aromatic heterocycles. The van der Waals surface area contributed by atoms with Crippen molar-refractivity contribution in [3.05, 3.63) is 42.2 Å². The number of benzene rings is 1. The van der Waals surface area contributed by atoms with Crippen molar-refractivity contribution in [1.29, 1.82) is 0 Å². The Morgan fingerprint density at radius 1 is 1.37 bits per heavy atom. The second kappa shape index (κ2) is 6.58. The summed E-state index contributed by atoms with van der Waals surface area (Å²) >= 11 is 0. The SMILES string of the molecule is Cc1ccc(OCCCC(=O)Nc2ncc[nH]2)cc1. The second-order valence-electron chi connectivity index (χ2n) is 4.25. The molecule has 0 atom stereocenters. The third kappa shape index (κ3) is 4.46. The van der Waals surface area contributed by atoms with Crippen LogP contribution in [0.4, 0.5) is 5.95 Å². The molecule has 1 heterocycles. The van der Waals surface area contributed by atoms with Crippen molar-refractivity contribution in [2.75, 3.05) is 11.9 Å². The third-order valence-corrected chi connectivity index (χ3v) is 2.59. The summed E-state index contributed by atoms with van der Waals surface area (Å²) in [4.78, 5) is 18.3. The number of aromatic nitrogens is 2. The van der Waals surface area contributed by atoms with Crippen molar-refractivity contribution in [3.8, 4) is 5.75 Å². The van der Waals surface area contributed by atoms with Gasteiger partial charge in [0.15, 0.2) is 0 Å². The fourth-order valence-electron chi connectivity index (χ4n) is 1.59. The van der Waals surface area contributed by atoms with Gasteiger partial charge in [-0.05, 0) is 25.5 Å². The number of H-pyrrole nitrogens is 1. The summed E-state index contributed by atoms with van der Waals surface area (Å²) in [6.45, 7) is 2.55. The van der Waals surface area contributed by atoms with E-state index in [0.29, 0.717) is 25.4 Å². The number of carbonyl (C=O) groups excluding carboxylic acids is 1. The predicted molar refractivity (Wildman–Crippen MR) is 73.1 cm³/mol. The molecule has 0 saturated carbocycles. The lowest BCUT2D eigenvalue weighted by Gasteiger charge is -2.06. The van der Waals surface area contributed by atoms with Gasteiger partial charge in [0.1, 0.15) is 5.75 Å². The lowest BCUT2D eigenvalue weighted by atomic mass is 10.2. The average Bonchev–Trinajstić information content (AvgIpc) is 2.89. The van der Waals surface area contributed by atoms with Crippen LogP contribution in [0.5, 0.6) is 5.75 Å². The number of nitrogens with zero attached hydrogens (tertiary/aromatic N) is 1. The number of amides is 1. The molecule has 0 fully saturated rings. The molecule has 1 aromatic carbocycles. The largest absolute Gasteiger partial charge is 0.494 e. The first-order chi connectivity index (χ1) is 9.24. The zero-order valence-corrected chi connectivity index (χ0v) is 10.8. The number of rotatable bonds is 6. The lowest BCUT2D eigenvalue weighted by molar-refractivity contribution is -0.116. The van der Waals surface area contributed by atoms with Crippen molar-refractivity contribution in [2.45, 2.75) is 19.8 Å². The summed E-state index contributed by atoms with van der Waals surface area (Å²) in [7, 11) is 0. The van der Waals surface area contributed by atoms with Gasteiger partial charge in [-0.15, -0.1) is 0 Å². The molecule has 2 N–H and O–H groups in total. The van der Waals surface area contributed by atoms with Gasteiger partial charge in [-0.2, -0.15) is 0 Å². The van der Waals surface area contributed by atoms with Crippen LogP contribution in [0, 0.1) is 6.92 Å². The highest BCUT2D eigenvalue weighted by molar-refractivity contribution is 5.88. The highest BCUT2D eigenvalue weighted by atomic mass is 16.5. The minimum atomic E-state index is -0.0672. The van der Waals surface area contributed by atoms with E-state index < -0.39 is 0 Å². The highest BCUT2D eigenvalue weighted by Crippen LogP contribution is 2.11. The Hall–Kier alpha value is -2.30. The van der Waals surface area contributed by atoms with Crippen LogP contribution in [0.25, 0.3) is 0 Å². The summed E-state index contributed by atoms with van der Waals surface area (Å²) in [5, 5.41) is 2.67. The molecule has 5 nitrogen and oxygen atoms in total. The Kier molecular flexibility index (Phi) is 4.55. The number of ether oxygens (including phenoxy) is 1. The maximum absolute atomic E-state index is 11.5. The molecule has 0 aliphatic carbocycles. The number of carbonyl (C=O) groups is 1. The van der Waals surface area contributed by atoms with Crippen LogP contribution < -0.4 is 10.1 Å². The van der Waals surface area contributed by atoms with Gasteiger partial charge in [0.2, 0.25) is 11.9 Å². The Bertz CT molecular complexity index is 506. The van der Waals surface area contributed by atoms with Crippen molar-refractivity contribution in [3.63, 3.8) is 0 Å². The number of anilines is 1. The minimum absolute atomic E-state index is 0.0672. The standard InChI is InChI=1S/C14H17N3O2/c1-11-4-6-12(7-5-11)19-10-2-3-13(18)17-14-15-8-9-16-14/h4-9H,2-3,10H2,1H3,(H2,15,16,17,18). The first-order valence-corrected chi connectivity index (χ1v) is 6.23. The van der Waals surface area contributed by atoms with Crippen LogP contribution in [-0.4, -0.2) is 22.5 Å². The summed E-state index contributed by atoms with van der Waals surface area (Å²) in [6.07, 6.45) is 4.33. The van der Waals surface area contributed by atoms with Crippen LogP contribution in [0.3, 0.4) is 0 Å². The molecule has 19 heavy (non-hydrogen) atoms. The van der Waals surface area contributed by atoms with Gasteiger partial charge in [-0.25, -0.2) is 4.98 Å². The van der Waals surface area contributed by atoms with E-state index >= 15 is 0 Å². The summed E-state index contributed by atoms with van der Waals surface area (Å²) in [5.74, 6) is 1.24. The normalized spacial score (nSPS) is 10.2. The molecule has 2 aromatic rings. The molecular formula is C14H17N3O2. The van der Waals surface area contributed by atoms with Crippen LogP contribution >= 0.6 is 0 Å². The topological polar surface area (TPSA) is 67.0 Å². The summed E-state index contributed by atoms with van der Waals surface area (Å²) in [5.41, 5.74) is 1.20. The molecule has 0 aliphatic heterocycles. The number of imidazole rings is 1. The second-order valence-corrected chi connectivity index (χ2v) is 4.25. The van der Waals surface area contributed by atoms with E-state index in [-0.39, 0.29) is 5.91 Å². The van der Waals surface area contributed by atoms with Gasteiger partial charge in [0.25, 0.3) is 0 Å². The van der Waals surface area contributed by atoms with Crippen LogP contribution in [0.2, 0.25) is 0 Å². The quantitative estimate of drug-likeness (QED) is 0.783. The van der Waals surface area contributed by atoms with Crippen molar-refractivity contribution in [2.24, 2.45) is 0 Å². The van der Waals surface area contributed by atoms with Gasteiger partial charge in [-0.1, -0.05) is 17.7 Å². The molecule has 1 amide bonds. The van der Waals surface area contributed by atoms with Gasteiger partial charge in [-0.3, -0.25) is 10.1 Å². The van der Waals surface area contributed by atoms with Gasteiger partial charge < -0.3 is 9.72 Å². The number of aryl methyl sites for hydroxylation is 1. The Balaban J connectivity index is 1.64. The van der Waals surface area contributed by atoms with Crippen LogP contribution in [-0.2, 0) is 4.79 Å². The molecular weight excluding hydrogens is 242 g/mol. The molecule has 5 heteroatoms. The van der Waals surface area contributed by atoms with E-state index in [4.69, 9.17) is 4.74 Å². The first-order valence-electron chi connectivity index (χ1n) is 6.23. The number of nitrogens with one attached hydrogen (secondary N) is 2. The Morgan fingerprint density at radius 2 is 2.16 bits per heavy atom. The maximum Gasteiger partial charge on any atom is 0.226 e. The van der Waals surface area contributed by atoms with E-state index in [1.165, 1.54) is 5.56 Å². The van der Waals surface area contributed by atoms with E-state index in [2.05, 4.69) is 15.3 Å². The third-order valence-electron chi connectivity index (χ3n) is 2.59. The minimum Gasteiger partial charge on any atom is -0.494 e. The molecule has 0 saturated heterocycles. The van der Waals surface area contributed by atoms with Gasteiger partial charge in [0.05, 0.1) is 6.61 Å². The molecule has 0 aliphatic rings. The molecule has 0 unspecified atom stereocenters. The lowest BCUT2D eigenvalue weighted by Crippen LogP contribution is -2.13. The van der Waals surface area contributed by atoms with E-state index in [1.807, 2.05) is 31.2 Å². The van der Waals surface area contributed by atoms with E-state index in [9.17, 15) is 4.79 Å². The summed E-state index contributed by atoms with van der Waals surface area (Å²) in [6, 6.07) is 7.86. The van der Waals surface area contributed by atoms with Crippen molar-refractivity contribution < 1.29 is 9.53 Å². The molecule has 0 bridgehead atoms. The first kappa shape index (κ1) is 13.1. The van der Waals surface area contributed by atoms with Gasteiger partial charge in [0, 0.05) is 18.8 Å². The number of hydrogen-bond acceptors (Lipinski definition) is 3. The molecule has 0 spiro atoms. The highest BCUT2D eigenvalue weighted by Gasteiger charge is 2.03. The fraction of sp³-hybridized carbons (Fsp3) is 0.286. The Morgan fingerprint density at radius 3 is 2.84 bits per heavy atom. The monoisotopic (exact) mass is 259 g/mol. The fourth-order valence-corrected chi connectivity index (χ4v) is 1.59. The average molecular weight is 259 g/mol. The molecule has 2 rings (SSSR count). The Labute approximate surface area is 112 Å². The van der Waals surface area contributed by atoms with Crippen LogP contribution in [0.15, 0.2) is 36.7 Å². The summed E-state index contributed by atoms with van der Waals surface area (Å²) < 4.78 is 5.54. The smallest absolute Gasteiger partial charge is 0.226 e. The molecule has 0 radical (unpaired) electrons. The predicted octanol–water partition coefficient (Wildman–Crippen LogP) is 2.52. The zero-order chi connectivity index (χ0) is 13.5. The van der Waals surface area contributed by atoms with Crippen LogP contribution in [0.1, 0.15) is 18.4 Å². The molecule has 100 valence electrons. The zero-order valence-electron chi connectivity index (χ0n) is 10.8. The van der Waals surface area contributed by atoms with E-state index in [1.54, 1.807) is 12.4 Å². The number of aromatic amines is 1. The number of hydrogen-bond donors (Lipinski definition) is 2. The van der Waals surface area contributed by atoms with Crippen molar-refractivity contribution in [1.82, 2.24) is 9.97 Å². The van der Waals surface area contributed by atoms with Crippen molar-refractivity contribution >= 4 is 11.9 Å².